The van der Waals surface area contributed by atoms with Crippen molar-refractivity contribution in [3.8, 4) is 22.4 Å². The molecule has 5 aromatic carbocycles. The average molecular weight is 541 g/mol. The maximum atomic E-state index is 6.41. The van der Waals surface area contributed by atoms with E-state index in [0.29, 0.717) is 0 Å². The lowest BCUT2D eigenvalue weighted by molar-refractivity contribution is 0.664. The molecule has 5 nitrogen and oxygen atoms in total. The molecule has 10 rings (SSSR count). The van der Waals surface area contributed by atoms with E-state index in [4.69, 9.17) is 18.2 Å². The molecule has 0 saturated carbocycles. The van der Waals surface area contributed by atoms with E-state index in [1.165, 1.54) is 0 Å². The summed E-state index contributed by atoms with van der Waals surface area (Å²) in [5, 5.41) is 6.46. The molecule has 0 radical (unpaired) electrons. The van der Waals surface area contributed by atoms with Gasteiger partial charge in [0.2, 0.25) is 0 Å². The standard InChI is InChI=1S/C37H20N2O3/c1-2-6-31-24(5-1)28-18-36-29(19-35(28)40-31)27-15-21(10-13-32(27)41-36)22-8-11-25-26-12-9-23(17-34(26)42-33(25)16-22)30-20-39-14-4-3-7-37(39)38-30/h1-20H. The van der Waals surface area contributed by atoms with Gasteiger partial charge in [-0.05, 0) is 77.9 Å². The highest BCUT2D eigenvalue weighted by Crippen LogP contribution is 2.39. The number of furan rings is 3. The Hall–Kier alpha value is -5.81. The summed E-state index contributed by atoms with van der Waals surface area (Å²) in [5.74, 6) is 0. The fraction of sp³-hybridized carbons (Fsp3) is 0. The molecule has 0 N–H and O–H groups in total. The Kier molecular flexibility index (Phi) is 4.12. The Labute approximate surface area is 237 Å². The molecule has 10 aromatic rings. The number of fused-ring (bicyclic) bond motifs is 10. The van der Waals surface area contributed by atoms with Crippen LogP contribution in [0.25, 0.3) is 93.8 Å². The largest absolute Gasteiger partial charge is 0.456 e. The molecule has 5 aromatic heterocycles. The first-order chi connectivity index (χ1) is 20.7. The summed E-state index contributed by atoms with van der Waals surface area (Å²) in [6, 6.07) is 37.4. The number of nitrogens with zero attached hydrogens (tertiary/aromatic N) is 2. The molecule has 0 aliphatic carbocycles. The predicted octanol–water partition coefficient (Wildman–Crippen LogP) is 10.4. The van der Waals surface area contributed by atoms with Crippen molar-refractivity contribution >= 4 is 71.5 Å². The zero-order valence-electron chi connectivity index (χ0n) is 22.2. The van der Waals surface area contributed by atoms with Gasteiger partial charge in [0.1, 0.15) is 39.1 Å². The van der Waals surface area contributed by atoms with E-state index in [-0.39, 0.29) is 0 Å². The van der Waals surface area contributed by atoms with Crippen LogP contribution in [0.1, 0.15) is 0 Å². The van der Waals surface area contributed by atoms with E-state index in [1.807, 2.05) is 53.2 Å². The summed E-state index contributed by atoms with van der Waals surface area (Å²) in [4.78, 5) is 4.77. The third-order valence-electron chi connectivity index (χ3n) is 8.43. The number of hydrogen-bond acceptors (Lipinski definition) is 4. The van der Waals surface area contributed by atoms with Crippen molar-refractivity contribution < 1.29 is 13.3 Å². The number of hydrogen-bond donors (Lipinski definition) is 0. The van der Waals surface area contributed by atoms with Crippen LogP contribution in [-0.2, 0) is 0 Å². The second-order valence-corrected chi connectivity index (χ2v) is 10.9. The summed E-state index contributed by atoms with van der Waals surface area (Å²) in [5.41, 5.74) is 10.2. The van der Waals surface area contributed by atoms with Gasteiger partial charge < -0.3 is 17.7 Å². The lowest BCUT2D eigenvalue weighted by Crippen LogP contribution is -1.78. The molecule has 0 fully saturated rings. The van der Waals surface area contributed by atoms with Gasteiger partial charge in [0.25, 0.3) is 0 Å². The first kappa shape index (κ1) is 21.9. The van der Waals surface area contributed by atoms with Gasteiger partial charge in [-0.25, -0.2) is 4.98 Å². The summed E-state index contributed by atoms with van der Waals surface area (Å²) in [7, 11) is 0. The van der Waals surface area contributed by atoms with E-state index in [0.717, 1.165) is 93.8 Å². The molecule has 0 atom stereocenters. The van der Waals surface area contributed by atoms with Crippen LogP contribution >= 0.6 is 0 Å². The van der Waals surface area contributed by atoms with Gasteiger partial charge in [0.05, 0.1) is 5.69 Å². The Morgan fingerprint density at radius 3 is 1.83 bits per heavy atom. The second kappa shape index (κ2) is 7.89. The number of pyridine rings is 1. The molecule has 0 unspecified atom stereocenters. The van der Waals surface area contributed by atoms with Crippen LogP contribution in [0.2, 0.25) is 0 Å². The molecule has 5 heterocycles. The molecule has 0 amide bonds. The van der Waals surface area contributed by atoms with Crippen LogP contribution in [-0.4, -0.2) is 9.38 Å². The molecule has 0 bridgehead atoms. The normalized spacial score (nSPS) is 12.3. The Morgan fingerprint density at radius 2 is 1.00 bits per heavy atom. The highest BCUT2D eigenvalue weighted by atomic mass is 16.3. The maximum absolute atomic E-state index is 6.41. The lowest BCUT2D eigenvalue weighted by Gasteiger charge is -2.02. The molecule has 5 heteroatoms. The number of aromatic nitrogens is 2. The predicted molar refractivity (Wildman–Crippen MR) is 168 cm³/mol. The number of imidazole rings is 1. The van der Waals surface area contributed by atoms with Crippen molar-refractivity contribution in [3.05, 3.63) is 122 Å². The van der Waals surface area contributed by atoms with Crippen molar-refractivity contribution in [3.63, 3.8) is 0 Å². The Balaban J connectivity index is 1.09. The van der Waals surface area contributed by atoms with E-state index >= 15 is 0 Å². The van der Waals surface area contributed by atoms with Crippen LogP contribution in [0.3, 0.4) is 0 Å². The van der Waals surface area contributed by atoms with Crippen LogP contribution in [0, 0.1) is 0 Å². The number of rotatable bonds is 2. The van der Waals surface area contributed by atoms with E-state index in [9.17, 15) is 0 Å². The lowest BCUT2D eigenvalue weighted by atomic mass is 10.0. The summed E-state index contributed by atoms with van der Waals surface area (Å²) in [6.07, 6.45) is 4.06. The quantitative estimate of drug-likeness (QED) is 0.219. The molecular weight excluding hydrogens is 520 g/mol. The molecule has 0 aliphatic heterocycles. The molecule has 196 valence electrons. The minimum atomic E-state index is 0.850. The van der Waals surface area contributed by atoms with E-state index in [1.54, 1.807) is 0 Å². The van der Waals surface area contributed by atoms with Gasteiger partial charge >= 0.3 is 0 Å². The van der Waals surface area contributed by atoms with E-state index in [2.05, 4.69) is 72.8 Å². The smallest absolute Gasteiger partial charge is 0.137 e. The monoisotopic (exact) mass is 540 g/mol. The Morgan fingerprint density at radius 1 is 0.429 bits per heavy atom. The summed E-state index contributed by atoms with van der Waals surface area (Å²) in [6.45, 7) is 0. The first-order valence-corrected chi connectivity index (χ1v) is 13.9. The van der Waals surface area contributed by atoms with Gasteiger partial charge in [0, 0.05) is 50.3 Å². The van der Waals surface area contributed by atoms with Crippen molar-refractivity contribution in [2.24, 2.45) is 0 Å². The zero-order valence-corrected chi connectivity index (χ0v) is 22.2. The zero-order chi connectivity index (χ0) is 27.4. The van der Waals surface area contributed by atoms with Crippen LogP contribution < -0.4 is 0 Å². The third kappa shape index (κ3) is 3.05. The summed E-state index contributed by atoms with van der Waals surface area (Å²) < 4.78 is 20.9. The van der Waals surface area contributed by atoms with Gasteiger partial charge in [-0.15, -0.1) is 0 Å². The average Bonchev–Trinajstić information content (AvgIpc) is 3.79. The van der Waals surface area contributed by atoms with Gasteiger partial charge in [0.15, 0.2) is 0 Å². The van der Waals surface area contributed by atoms with Gasteiger partial charge in [-0.2, -0.15) is 0 Å². The van der Waals surface area contributed by atoms with Crippen molar-refractivity contribution in [2.45, 2.75) is 0 Å². The molecule has 0 aliphatic rings. The Bertz CT molecular complexity index is 2670. The molecule has 0 saturated heterocycles. The van der Waals surface area contributed by atoms with E-state index < -0.39 is 0 Å². The molecular formula is C37H20N2O3. The highest BCUT2D eigenvalue weighted by molar-refractivity contribution is 6.15. The fourth-order valence-corrected chi connectivity index (χ4v) is 6.36. The summed E-state index contributed by atoms with van der Waals surface area (Å²) >= 11 is 0. The number of para-hydroxylation sites is 1. The molecule has 0 spiro atoms. The SMILES string of the molecule is c1ccc2c(c1)oc1cc3c(cc12)oc1ccc(-c2ccc4c(c2)oc2cc(-c5cn6ccccc6n5)ccc24)cc13. The highest BCUT2D eigenvalue weighted by Gasteiger charge is 2.15. The van der Waals surface area contributed by atoms with Gasteiger partial charge in [-0.3, -0.25) is 0 Å². The van der Waals surface area contributed by atoms with Crippen LogP contribution in [0.5, 0.6) is 0 Å². The van der Waals surface area contributed by atoms with Gasteiger partial charge in [-0.1, -0.05) is 42.5 Å². The van der Waals surface area contributed by atoms with Crippen LogP contribution in [0.15, 0.2) is 135 Å². The minimum Gasteiger partial charge on any atom is -0.456 e. The topological polar surface area (TPSA) is 56.7 Å². The van der Waals surface area contributed by atoms with Crippen molar-refractivity contribution in [1.29, 1.82) is 0 Å². The van der Waals surface area contributed by atoms with Crippen molar-refractivity contribution in [1.82, 2.24) is 9.38 Å². The second-order valence-electron chi connectivity index (χ2n) is 10.9. The maximum Gasteiger partial charge on any atom is 0.137 e. The fourth-order valence-electron chi connectivity index (χ4n) is 6.36. The molecule has 42 heavy (non-hydrogen) atoms. The van der Waals surface area contributed by atoms with Crippen molar-refractivity contribution in [2.75, 3.05) is 0 Å². The first-order valence-electron chi connectivity index (χ1n) is 13.9. The minimum absolute atomic E-state index is 0.850. The van der Waals surface area contributed by atoms with Crippen LogP contribution in [0.4, 0.5) is 0 Å². The third-order valence-corrected chi connectivity index (χ3v) is 8.43. The number of benzene rings is 5.